The van der Waals surface area contributed by atoms with Gasteiger partial charge < -0.3 is 9.47 Å². The number of hydrogen-bond acceptors (Lipinski definition) is 5. The first-order valence-corrected chi connectivity index (χ1v) is 8.85. The van der Waals surface area contributed by atoms with Gasteiger partial charge in [-0.05, 0) is 49.4 Å². The first-order valence-electron chi connectivity index (χ1n) is 8.85. The maximum Gasteiger partial charge on any atom is 0.346 e. The van der Waals surface area contributed by atoms with Gasteiger partial charge in [-0.3, -0.25) is 0 Å². The minimum absolute atomic E-state index is 0.353. The molecule has 0 aliphatic heterocycles. The highest BCUT2D eigenvalue weighted by atomic mass is 19.1. The van der Waals surface area contributed by atoms with Gasteiger partial charge in [0.1, 0.15) is 5.82 Å². The van der Waals surface area contributed by atoms with Gasteiger partial charge in [0.2, 0.25) is 0 Å². The first-order chi connectivity index (χ1) is 14.0. The summed E-state index contributed by atoms with van der Waals surface area (Å²) in [6, 6.07) is 15.4. The summed E-state index contributed by atoms with van der Waals surface area (Å²) in [5.41, 5.74) is 2.72. The van der Waals surface area contributed by atoms with Crippen LogP contribution < -0.4 is 0 Å². The molecule has 0 aliphatic rings. The van der Waals surface area contributed by atoms with Crippen molar-refractivity contribution in [1.29, 1.82) is 0 Å². The van der Waals surface area contributed by atoms with Crippen molar-refractivity contribution in [2.75, 3.05) is 7.11 Å². The highest BCUT2D eigenvalue weighted by Gasteiger charge is 2.17. The maximum atomic E-state index is 13.3. The number of para-hydroxylation sites is 1. The van der Waals surface area contributed by atoms with Crippen LogP contribution in [-0.4, -0.2) is 34.9 Å². The minimum Gasteiger partial charge on any atom is -0.466 e. The van der Waals surface area contributed by atoms with E-state index in [4.69, 9.17) is 4.74 Å². The van der Waals surface area contributed by atoms with E-state index in [9.17, 15) is 14.0 Å². The van der Waals surface area contributed by atoms with Gasteiger partial charge in [0.15, 0.2) is 6.10 Å². The molecule has 1 atom stereocenters. The van der Waals surface area contributed by atoms with Gasteiger partial charge >= 0.3 is 11.9 Å². The van der Waals surface area contributed by atoms with Gasteiger partial charge in [-0.25, -0.2) is 18.7 Å². The fraction of sp³-hybridized carbons (Fsp3) is 0.136. The molecule has 3 aromatic rings. The van der Waals surface area contributed by atoms with Crippen LogP contribution >= 0.6 is 0 Å². The summed E-state index contributed by atoms with van der Waals surface area (Å²) in [4.78, 5) is 23.4. The summed E-state index contributed by atoms with van der Waals surface area (Å²) in [5.74, 6) is -1.69. The van der Waals surface area contributed by atoms with Gasteiger partial charge in [-0.15, -0.1) is 0 Å². The van der Waals surface area contributed by atoms with Crippen molar-refractivity contribution in [3.05, 3.63) is 78.3 Å². The SMILES string of the molecule is COC(=O)C(C)OC(=O)/C=C/c1cn(-c2ccccc2)nc1-c1ccc(F)cc1. The van der Waals surface area contributed by atoms with Gasteiger partial charge in [0, 0.05) is 23.4 Å². The Kier molecular flexibility index (Phi) is 6.19. The van der Waals surface area contributed by atoms with E-state index in [1.54, 1.807) is 23.0 Å². The lowest BCUT2D eigenvalue weighted by Crippen LogP contribution is -2.24. The topological polar surface area (TPSA) is 70.4 Å². The number of aromatic nitrogens is 2. The molecule has 0 N–H and O–H groups in total. The summed E-state index contributed by atoms with van der Waals surface area (Å²) in [5, 5.41) is 4.58. The van der Waals surface area contributed by atoms with E-state index < -0.39 is 18.0 Å². The summed E-state index contributed by atoms with van der Waals surface area (Å²) in [6.45, 7) is 1.43. The van der Waals surface area contributed by atoms with Crippen molar-refractivity contribution >= 4 is 18.0 Å². The maximum absolute atomic E-state index is 13.3. The van der Waals surface area contributed by atoms with Crippen molar-refractivity contribution in [2.24, 2.45) is 0 Å². The zero-order chi connectivity index (χ0) is 20.8. The van der Waals surface area contributed by atoms with Crippen molar-refractivity contribution in [3.8, 4) is 16.9 Å². The smallest absolute Gasteiger partial charge is 0.346 e. The zero-order valence-corrected chi connectivity index (χ0v) is 15.9. The van der Waals surface area contributed by atoms with Crippen LogP contribution in [0.25, 0.3) is 23.0 Å². The Hall–Kier alpha value is -3.74. The van der Waals surface area contributed by atoms with Crippen LogP contribution in [0.4, 0.5) is 4.39 Å². The number of benzene rings is 2. The van der Waals surface area contributed by atoms with Crippen LogP contribution in [0.1, 0.15) is 12.5 Å². The van der Waals surface area contributed by atoms with Crippen LogP contribution in [0.2, 0.25) is 0 Å². The fourth-order valence-corrected chi connectivity index (χ4v) is 2.64. The van der Waals surface area contributed by atoms with Crippen LogP contribution in [-0.2, 0) is 19.1 Å². The molecule has 0 saturated carbocycles. The molecule has 0 spiro atoms. The van der Waals surface area contributed by atoms with Crippen LogP contribution in [0.3, 0.4) is 0 Å². The number of ether oxygens (including phenoxy) is 2. The molecule has 1 heterocycles. The van der Waals surface area contributed by atoms with Gasteiger partial charge in [0.25, 0.3) is 0 Å². The van der Waals surface area contributed by atoms with Crippen LogP contribution in [0.5, 0.6) is 0 Å². The molecule has 1 unspecified atom stereocenters. The van der Waals surface area contributed by atoms with E-state index in [0.717, 1.165) is 5.69 Å². The second-order valence-corrected chi connectivity index (χ2v) is 6.16. The molecule has 0 aliphatic carbocycles. The molecule has 1 aromatic heterocycles. The molecule has 148 valence electrons. The third-order valence-electron chi connectivity index (χ3n) is 4.11. The molecule has 0 amide bonds. The molecule has 2 aromatic carbocycles. The largest absolute Gasteiger partial charge is 0.466 e. The average molecular weight is 394 g/mol. The quantitative estimate of drug-likeness (QED) is 0.470. The van der Waals surface area contributed by atoms with E-state index in [2.05, 4.69) is 9.84 Å². The number of carbonyl (C=O) groups excluding carboxylic acids is 2. The molecular weight excluding hydrogens is 375 g/mol. The minimum atomic E-state index is -1.01. The van der Waals surface area contributed by atoms with Crippen molar-refractivity contribution in [3.63, 3.8) is 0 Å². The molecule has 0 radical (unpaired) electrons. The van der Waals surface area contributed by atoms with Crippen molar-refractivity contribution in [2.45, 2.75) is 13.0 Å². The third-order valence-corrected chi connectivity index (χ3v) is 4.11. The Bertz CT molecular complexity index is 1030. The lowest BCUT2D eigenvalue weighted by molar-refractivity contribution is -0.161. The van der Waals surface area contributed by atoms with Gasteiger partial charge in [-0.1, -0.05) is 18.2 Å². The third kappa shape index (κ3) is 4.95. The normalized spacial score (nSPS) is 12.0. The van der Waals surface area contributed by atoms with E-state index in [1.165, 1.54) is 38.3 Å². The molecule has 0 saturated heterocycles. The second-order valence-electron chi connectivity index (χ2n) is 6.16. The zero-order valence-electron chi connectivity index (χ0n) is 15.9. The summed E-state index contributed by atoms with van der Waals surface area (Å²) in [6.07, 6.45) is 3.48. The molecule has 29 heavy (non-hydrogen) atoms. The number of nitrogens with zero attached hydrogens (tertiary/aromatic N) is 2. The number of carbonyl (C=O) groups is 2. The summed E-state index contributed by atoms with van der Waals surface area (Å²) < 4.78 is 24.5. The molecule has 3 rings (SSSR count). The Labute approximate surface area is 167 Å². The molecular formula is C22H19FN2O4. The Morgan fingerprint density at radius 1 is 1.10 bits per heavy atom. The monoisotopic (exact) mass is 394 g/mol. The predicted molar refractivity (Wildman–Crippen MR) is 106 cm³/mol. The van der Waals surface area contributed by atoms with Gasteiger partial charge in [-0.2, -0.15) is 5.10 Å². The predicted octanol–water partition coefficient (Wildman–Crippen LogP) is 3.80. The Morgan fingerprint density at radius 2 is 1.79 bits per heavy atom. The molecule has 0 bridgehead atoms. The van der Waals surface area contributed by atoms with E-state index in [0.29, 0.717) is 16.8 Å². The highest BCUT2D eigenvalue weighted by molar-refractivity contribution is 5.90. The Balaban J connectivity index is 1.91. The average Bonchev–Trinajstić information content (AvgIpc) is 3.17. The van der Waals surface area contributed by atoms with E-state index in [-0.39, 0.29) is 5.82 Å². The standard InChI is InChI=1S/C22H19FN2O4/c1-15(22(27)28-2)29-20(26)13-10-17-14-25(19-6-4-3-5-7-19)24-21(17)16-8-11-18(23)12-9-16/h3-15H,1-2H3/b13-10+. The molecule has 6 nitrogen and oxygen atoms in total. The van der Waals surface area contributed by atoms with E-state index in [1.807, 2.05) is 30.3 Å². The molecule has 7 heteroatoms. The highest BCUT2D eigenvalue weighted by Crippen LogP contribution is 2.25. The number of methoxy groups -OCH3 is 1. The van der Waals surface area contributed by atoms with Crippen molar-refractivity contribution < 1.29 is 23.5 Å². The number of hydrogen-bond donors (Lipinski definition) is 0. The lowest BCUT2D eigenvalue weighted by Gasteiger charge is -2.08. The van der Waals surface area contributed by atoms with E-state index >= 15 is 0 Å². The number of rotatable bonds is 6. The van der Waals surface area contributed by atoms with Crippen LogP contribution in [0.15, 0.2) is 66.9 Å². The van der Waals surface area contributed by atoms with Gasteiger partial charge in [0.05, 0.1) is 18.5 Å². The second kappa shape index (κ2) is 8.97. The first kappa shape index (κ1) is 20.0. The summed E-state index contributed by atoms with van der Waals surface area (Å²) in [7, 11) is 1.22. The molecule has 0 fully saturated rings. The number of esters is 2. The van der Waals surface area contributed by atoms with Crippen molar-refractivity contribution in [1.82, 2.24) is 9.78 Å². The summed E-state index contributed by atoms with van der Waals surface area (Å²) >= 11 is 0. The Morgan fingerprint density at radius 3 is 2.45 bits per heavy atom. The van der Waals surface area contributed by atoms with Crippen LogP contribution in [0, 0.1) is 5.82 Å². The lowest BCUT2D eigenvalue weighted by atomic mass is 10.1. The fourth-order valence-electron chi connectivity index (χ4n) is 2.64. The number of halogens is 1.